The fourth-order valence-corrected chi connectivity index (χ4v) is 5.14. The molecule has 0 aromatic heterocycles. The van der Waals surface area contributed by atoms with Crippen LogP contribution in [0.4, 0.5) is 13.2 Å². The minimum atomic E-state index is -5.13. The van der Waals surface area contributed by atoms with Crippen LogP contribution in [0, 0.1) is 5.92 Å². The number of rotatable bonds is 9. The van der Waals surface area contributed by atoms with Gasteiger partial charge in [-0.15, -0.1) is 24.9 Å². The molecule has 0 heterocycles. The summed E-state index contributed by atoms with van der Waals surface area (Å²) in [5.74, 6) is -1.10. The van der Waals surface area contributed by atoms with Crippen molar-refractivity contribution in [1.29, 1.82) is 0 Å². The van der Waals surface area contributed by atoms with Gasteiger partial charge in [0, 0.05) is 4.90 Å². The van der Waals surface area contributed by atoms with Gasteiger partial charge < -0.3 is 14.2 Å². The maximum absolute atomic E-state index is 12.5. The zero-order valence-corrected chi connectivity index (χ0v) is 16.5. The molecule has 7 nitrogen and oxygen atoms in total. The smallest absolute Gasteiger partial charge is 0.404 e. The van der Waals surface area contributed by atoms with Crippen molar-refractivity contribution in [2.24, 2.45) is 5.92 Å². The van der Waals surface area contributed by atoms with Crippen molar-refractivity contribution in [3.8, 4) is 5.75 Å². The van der Waals surface area contributed by atoms with E-state index in [0.29, 0.717) is 0 Å². The maximum atomic E-state index is 12.5. The molecule has 1 aromatic rings. The minimum Gasteiger partial charge on any atom is -0.404 e. The summed E-state index contributed by atoms with van der Waals surface area (Å²) in [6, 6.07) is 3.23. The van der Waals surface area contributed by atoms with Crippen molar-refractivity contribution in [3.05, 3.63) is 18.2 Å². The van der Waals surface area contributed by atoms with E-state index in [-0.39, 0.29) is 17.4 Å². The first kappa shape index (κ1) is 23.3. The van der Waals surface area contributed by atoms with Crippen molar-refractivity contribution in [2.75, 3.05) is 19.2 Å². The second-order valence-corrected chi connectivity index (χ2v) is 9.56. The van der Waals surface area contributed by atoms with Crippen molar-refractivity contribution in [1.82, 2.24) is 0 Å². The number of thioether (sulfide) groups is 1. The number of benzene rings is 1. The van der Waals surface area contributed by atoms with Gasteiger partial charge in [0.25, 0.3) is 0 Å². The van der Waals surface area contributed by atoms with Gasteiger partial charge in [0.2, 0.25) is 0 Å². The first-order chi connectivity index (χ1) is 11.8. The van der Waals surface area contributed by atoms with Crippen molar-refractivity contribution >= 4 is 29.5 Å². The summed E-state index contributed by atoms with van der Waals surface area (Å²) in [5, 5.41) is 0. The SMILES string of the molecule is CSc1cccc(OC(F)(F)F)c1S(=O)(=O)OCP(=O)(O)OCC(C)C. The van der Waals surface area contributed by atoms with Crippen LogP contribution in [0.15, 0.2) is 28.0 Å². The number of hydrogen-bond acceptors (Lipinski definition) is 7. The molecular formula is C13H18F3O7PS2. The zero-order chi connectivity index (χ0) is 20.2. The molecule has 0 radical (unpaired) electrons. The van der Waals surface area contributed by atoms with Crippen molar-refractivity contribution in [3.63, 3.8) is 0 Å². The van der Waals surface area contributed by atoms with Gasteiger partial charge in [0.1, 0.15) is 4.90 Å². The molecule has 26 heavy (non-hydrogen) atoms. The van der Waals surface area contributed by atoms with Crippen LogP contribution in [0.25, 0.3) is 0 Å². The van der Waals surface area contributed by atoms with Gasteiger partial charge >= 0.3 is 24.1 Å². The Bertz CT molecular complexity index is 765. The van der Waals surface area contributed by atoms with E-state index in [1.807, 2.05) is 0 Å². The second kappa shape index (κ2) is 8.94. The molecule has 0 bridgehead atoms. The first-order valence-corrected chi connectivity index (χ1v) is 11.5. The van der Waals surface area contributed by atoms with E-state index < -0.39 is 41.1 Å². The number of ether oxygens (including phenoxy) is 1. The predicted octanol–water partition coefficient (Wildman–Crippen LogP) is 3.83. The fraction of sp³-hybridized carbons (Fsp3) is 0.538. The molecule has 0 saturated heterocycles. The molecule has 0 aliphatic carbocycles. The molecule has 0 aliphatic heterocycles. The Morgan fingerprint density at radius 2 is 1.92 bits per heavy atom. The number of alkyl halides is 3. The van der Waals surface area contributed by atoms with E-state index in [0.717, 1.165) is 17.8 Å². The lowest BCUT2D eigenvalue weighted by Gasteiger charge is -2.17. The molecule has 0 saturated carbocycles. The van der Waals surface area contributed by atoms with Crippen LogP contribution in [0.2, 0.25) is 0 Å². The highest BCUT2D eigenvalue weighted by Crippen LogP contribution is 2.44. The van der Waals surface area contributed by atoms with Crippen molar-refractivity contribution in [2.45, 2.75) is 30.0 Å². The van der Waals surface area contributed by atoms with Crippen molar-refractivity contribution < 1.29 is 44.5 Å². The number of halogens is 3. The van der Waals surface area contributed by atoms with Crippen LogP contribution in [-0.4, -0.2) is 38.9 Å². The number of hydrogen-bond donors (Lipinski definition) is 1. The van der Waals surface area contributed by atoms with E-state index >= 15 is 0 Å². The summed E-state index contributed by atoms with van der Waals surface area (Å²) in [7, 11) is -9.25. The molecule has 0 fully saturated rings. The lowest BCUT2D eigenvalue weighted by Crippen LogP contribution is -2.20. The molecule has 1 N–H and O–H groups in total. The summed E-state index contributed by atoms with van der Waals surface area (Å²) in [5.41, 5.74) is 0. The third kappa shape index (κ3) is 7.45. The lowest BCUT2D eigenvalue weighted by molar-refractivity contribution is -0.275. The lowest BCUT2D eigenvalue weighted by atomic mass is 10.2. The molecule has 1 unspecified atom stereocenters. The summed E-state index contributed by atoms with van der Waals surface area (Å²) < 4.78 is 87.0. The van der Waals surface area contributed by atoms with Gasteiger partial charge in [-0.25, -0.2) is 0 Å². The van der Waals surface area contributed by atoms with Crippen LogP contribution in [0.1, 0.15) is 13.8 Å². The largest absolute Gasteiger partial charge is 0.573 e. The molecule has 150 valence electrons. The van der Waals surface area contributed by atoms with Gasteiger partial charge in [-0.1, -0.05) is 19.9 Å². The molecule has 1 aromatic carbocycles. The third-order valence-corrected chi connectivity index (χ3v) is 6.06. The Labute approximate surface area is 153 Å². The maximum Gasteiger partial charge on any atom is 0.573 e. The molecule has 1 atom stereocenters. The fourth-order valence-electron chi connectivity index (χ4n) is 1.61. The summed E-state index contributed by atoms with van der Waals surface area (Å²) in [4.78, 5) is 8.62. The van der Waals surface area contributed by atoms with E-state index in [2.05, 4.69) is 8.92 Å². The monoisotopic (exact) mass is 438 g/mol. The van der Waals surface area contributed by atoms with Gasteiger partial charge in [-0.05, 0) is 24.3 Å². The average molecular weight is 438 g/mol. The Balaban J connectivity index is 3.13. The summed E-state index contributed by atoms with van der Waals surface area (Å²) in [6.07, 6.45) is -4.93. The van der Waals surface area contributed by atoms with E-state index in [1.54, 1.807) is 13.8 Å². The molecule has 13 heteroatoms. The Morgan fingerprint density at radius 3 is 2.42 bits per heavy atom. The Morgan fingerprint density at radius 1 is 1.31 bits per heavy atom. The van der Waals surface area contributed by atoms with Crippen LogP contribution in [-0.2, 0) is 23.4 Å². The Kier molecular flexibility index (Phi) is 8.00. The van der Waals surface area contributed by atoms with E-state index in [9.17, 15) is 31.0 Å². The summed E-state index contributed by atoms with van der Waals surface area (Å²) >= 11 is 0.841. The van der Waals surface area contributed by atoms with Crippen LogP contribution in [0.5, 0.6) is 5.75 Å². The molecule has 0 spiro atoms. The highest BCUT2D eigenvalue weighted by molar-refractivity contribution is 7.99. The average Bonchev–Trinajstić information content (AvgIpc) is 2.49. The quantitative estimate of drug-likeness (QED) is 0.353. The standard InChI is InChI=1S/C13H18F3O7PS2/c1-9(2)7-21-24(17,18)8-22-26(19,20)12-10(23-13(14,15)16)5-4-6-11(12)25-3/h4-6,9H,7-8H2,1-3H3,(H,17,18). The highest BCUT2D eigenvalue weighted by atomic mass is 32.2. The second-order valence-electron chi connectivity index (χ2n) is 5.36. The first-order valence-electron chi connectivity index (χ1n) is 7.06. The van der Waals surface area contributed by atoms with E-state index in [1.165, 1.54) is 18.4 Å². The molecular weight excluding hydrogens is 420 g/mol. The van der Waals surface area contributed by atoms with Gasteiger partial charge in [0.15, 0.2) is 12.1 Å². The topological polar surface area (TPSA) is 99.1 Å². The molecule has 0 amide bonds. The highest BCUT2D eigenvalue weighted by Gasteiger charge is 2.36. The Hall–Kier alpha value is -0.780. The van der Waals surface area contributed by atoms with Crippen LogP contribution < -0.4 is 4.74 Å². The van der Waals surface area contributed by atoms with Crippen LogP contribution in [0.3, 0.4) is 0 Å². The zero-order valence-electron chi connectivity index (χ0n) is 14.0. The molecule has 1 rings (SSSR count). The normalized spacial score (nSPS) is 15.1. The minimum absolute atomic E-state index is 0.0809. The summed E-state index contributed by atoms with van der Waals surface area (Å²) in [6.45, 7) is 3.28. The van der Waals surface area contributed by atoms with E-state index in [4.69, 9.17) is 4.52 Å². The van der Waals surface area contributed by atoms with Gasteiger partial charge in [0.05, 0.1) is 6.61 Å². The predicted molar refractivity (Wildman–Crippen MR) is 88.7 cm³/mol. The molecule has 0 aliphatic rings. The van der Waals surface area contributed by atoms with Crippen LogP contribution >= 0.6 is 19.4 Å². The van der Waals surface area contributed by atoms with Gasteiger partial charge in [-0.2, -0.15) is 8.42 Å². The third-order valence-electron chi connectivity index (χ3n) is 2.62. The van der Waals surface area contributed by atoms with Gasteiger partial charge in [-0.3, -0.25) is 8.75 Å².